The van der Waals surface area contributed by atoms with Crippen LogP contribution in [-0.4, -0.2) is 22.7 Å². The largest absolute Gasteiger partial charge is 0.477 e. The van der Waals surface area contributed by atoms with Gasteiger partial charge in [0.25, 0.3) is 0 Å². The van der Waals surface area contributed by atoms with Crippen LogP contribution in [0.4, 0.5) is 13.2 Å². The molecule has 0 saturated heterocycles. The van der Waals surface area contributed by atoms with Crippen molar-refractivity contribution < 1.29 is 27.8 Å². The molecule has 1 N–H and O–H groups in total. The van der Waals surface area contributed by atoms with E-state index in [-0.39, 0.29) is 12.2 Å². The summed E-state index contributed by atoms with van der Waals surface area (Å²) in [5.74, 6) is -1.29. The summed E-state index contributed by atoms with van der Waals surface area (Å²) in [6.07, 6.45) is -1.74. The zero-order chi connectivity index (χ0) is 14.0. The molecular formula is C12H12F3NO3. The predicted octanol–water partition coefficient (Wildman–Crippen LogP) is 2.98. The van der Waals surface area contributed by atoms with Gasteiger partial charge in [-0.3, -0.25) is 0 Å². The van der Waals surface area contributed by atoms with Gasteiger partial charge in [0.05, 0.1) is 6.61 Å². The van der Waals surface area contributed by atoms with Crippen LogP contribution in [0.5, 0.6) is 5.88 Å². The molecule has 0 aromatic carbocycles. The summed E-state index contributed by atoms with van der Waals surface area (Å²) in [4.78, 5) is 14.1. The molecule has 1 aliphatic rings. The van der Waals surface area contributed by atoms with Crippen LogP contribution in [0.3, 0.4) is 0 Å². The average Bonchev–Trinajstić information content (AvgIpc) is 3.11. The molecule has 1 aliphatic carbocycles. The molecule has 0 atom stereocenters. The number of ether oxygens (including phenoxy) is 1. The molecule has 2 rings (SSSR count). The van der Waals surface area contributed by atoms with Gasteiger partial charge in [-0.2, -0.15) is 13.2 Å². The molecule has 1 fully saturated rings. The number of hydrogen-bond acceptors (Lipinski definition) is 3. The van der Waals surface area contributed by atoms with Crippen LogP contribution in [-0.2, 0) is 6.18 Å². The van der Waals surface area contributed by atoms with Crippen molar-refractivity contribution in [3.05, 3.63) is 23.4 Å². The lowest BCUT2D eigenvalue weighted by atomic mass is 10.2. The van der Waals surface area contributed by atoms with Gasteiger partial charge in [-0.05, 0) is 24.5 Å². The van der Waals surface area contributed by atoms with Gasteiger partial charge in [-0.1, -0.05) is 12.8 Å². The van der Waals surface area contributed by atoms with E-state index in [9.17, 15) is 18.0 Å². The van der Waals surface area contributed by atoms with E-state index in [1.807, 2.05) is 0 Å². The summed E-state index contributed by atoms with van der Waals surface area (Å²) in [7, 11) is 0. The van der Waals surface area contributed by atoms with Crippen LogP contribution in [0, 0.1) is 5.92 Å². The van der Waals surface area contributed by atoms with E-state index < -0.39 is 23.7 Å². The summed E-state index contributed by atoms with van der Waals surface area (Å²) in [6.45, 7) is 0.180. The fourth-order valence-electron chi connectivity index (χ4n) is 1.60. The van der Waals surface area contributed by atoms with E-state index in [2.05, 4.69) is 4.98 Å². The zero-order valence-electron chi connectivity index (χ0n) is 9.91. The van der Waals surface area contributed by atoms with Gasteiger partial charge in [0, 0.05) is 0 Å². The van der Waals surface area contributed by atoms with Gasteiger partial charge in [0.1, 0.15) is 11.3 Å². The summed E-state index contributed by atoms with van der Waals surface area (Å²) >= 11 is 0. The highest BCUT2D eigenvalue weighted by Crippen LogP contribution is 2.33. The monoisotopic (exact) mass is 275 g/mol. The zero-order valence-corrected chi connectivity index (χ0v) is 9.91. The fourth-order valence-corrected chi connectivity index (χ4v) is 1.60. The molecule has 7 heteroatoms. The molecule has 1 aromatic rings. The molecule has 1 heterocycles. The molecule has 0 spiro atoms. The lowest BCUT2D eigenvalue weighted by Gasteiger charge is -2.11. The molecule has 19 heavy (non-hydrogen) atoms. The van der Waals surface area contributed by atoms with E-state index in [4.69, 9.17) is 9.84 Å². The number of nitrogens with zero attached hydrogens (tertiary/aromatic N) is 1. The number of hydrogen-bond donors (Lipinski definition) is 1. The highest BCUT2D eigenvalue weighted by Gasteiger charge is 2.34. The second kappa shape index (κ2) is 5.07. The first-order valence-corrected chi connectivity index (χ1v) is 5.82. The average molecular weight is 275 g/mol. The number of aromatic carboxylic acids is 1. The fraction of sp³-hybridized carbons (Fsp3) is 0.500. The Kier molecular flexibility index (Phi) is 3.64. The Bertz CT molecular complexity index is 484. The molecule has 4 nitrogen and oxygen atoms in total. The SMILES string of the molecule is O=C(O)c1ccc(C(F)(F)F)nc1OCCC1CC1. The van der Waals surface area contributed by atoms with Gasteiger partial charge in [0.15, 0.2) is 0 Å². The molecule has 0 aliphatic heterocycles. The van der Waals surface area contributed by atoms with Crippen LogP contribution >= 0.6 is 0 Å². The van der Waals surface area contributed by atoms with Gasteiger partial charge in [0.2, 0.25) is 5.88 Å². The lowest BCUT2D eigenvalue weighted by Crippen LogP contribution is -2.13. The van der Waals surface area contributed by atoms with Crippen LogP contribution in [0.25, 0.3) is 0 Å². The maximum absolute atomic E-state index is 12.5. The lowest BCUT2D eigenvalue weighted by molar-refractivity contribution is -0.141. The number of alkyl halides is 3. The minimum Gasteiger partial charge on any atom is -0.477 e. The number of aromatic nitrogens is 1. The maximum atomic E-state index is 12.5. The predicted molar refractivity (Wildman–Crippen MR) is 59.0 cm³/mol. The summed E-state index contributed by atoms with van der Waals surface area (Å²) < 4.78 is 42.6. The highest BCUT2D eigenvalue weighted by atomic mass is 19.4. The Labute approximate surface area is 107 Å². The minimum absolute atomic E-state index is 0.180. The summed E-state index contributed by atoms with van der Waals surface area (Å²) in [5.41, 5.74) is -1.51. The van der Waals surface area contributed by atoms with Gasteiger partial charge >= 0.3 is 12.1 Å². The van der Waals surface area contributed by atoms with Crippen molar-refractivity contribution in [2.45, 2.75) is 25.4 Å². The molecule has 1 saturated carbocycles. The normalized spacial score (nSPS) is 15.3. The van der Waals surface area contributed by atoms with Crippen molar-refractivity contribution in [3.8, 4) is 5.88 Å². The van der Waals surface area contributed by atoms with Crippen molar-refractivity contribution in [1.82, 2.24) is 4.98 Å². The Morgan fingerprint density at radius 1 is 1.42 bits per heavy atom. The third-order valence-corrected chi connectivity index (χ3v) is 2.84. The number of carbonyl (C=O) groups is 1. The van der Waals surface area contributed by atoms with Crippen LogP contribution in [0.15, 0.2) is 12.1 Å². The second-order valence-electron chi connectivity index (χ2n) is 4.43. The van der Waals surface area contributed by atoms with Gasteiger partial charge in [-0.25, -0.2) is 9.78 Å². The van der Waals surface area contributed by atoms with Gasteiger partial charge < -0.3 is 9.84 Å². The highest BCUT2D eigenvalue weighted by molar-refractivity contribution is 5.90. The Balaban J connectivity index is 2.16. The van der Waals surface area contributed by atoms with Crippen LogP contribution < -0.4 is 4.74 Å². The minimum atomic E-state index is -4.62. The second-order valence-corrected chi connectivity index (χ2v) is 4.43. The number of carboxylic acid groups (broad SMARTS) is 1. The molecule has 0 unspecified atom stereocenters. The van der Waals surface area contributed by atoms with E-state index in [1.165, 1.54) is 0 Å². The van der Waals surface area contributed by atoms with Crippen molar-refractivity contribution >= 4 is 5.97 Å². The molecule has 1 aromatic heterocycles. The van der Waals surface area contributed by atoms with E-state index in [0.717, 1.165) is 18.9 Å². The van der Waals surface area contributed by atoms with Gasteiger partial charge in [-0.15, -0.1) is 0 Å². The first kappa shape index (κ1) is 13.6. The van der Waals surface area contributed by atoms with Crippen molar-refractivity contribution in [2.24, 2.45) is 5.92 Å². The topological polar surface area (TPSA) is 59.4 Å². The van der Waals surface area contributed by atoms with Crippen molar-refractivity contribution in [3.63, 3.8) is 0 Å². The first-order valence-electron chi connectivity index (χ1n) is 5.82. The van der Waals surface area contributed by atoms with Crippen LogP contribution in [0.1, 0.15) is 35.3 Å². The van der Waals surface area contributed by atoms with E-state index >= 15 is 0 Å². The quantitative estimate of drug-likeness (QED) is 0.897. The summed E-state index contributed by atoms with van der Waals surface area (Å²) in [5, 5.41) is 8.88. The molecule has 0 bridgehead atoms. The Hall–Kier alpha value is -1.79. The first-order chi connectivity index (χ1) is 8.88. The molecular weight excluding hydrogens is 263 g/mol. The molecule has 0 radical (unpaired) electrons. The van der Waals surface area contributed by atoms with E-state index in [1.54, 1.807) is 0 Å². The number of rotatable bonds is 5. The Morgan fingerprint density at radius 3 is 2.63 bits per heavy atom. The number of halogens is 3. The smallest absolute Gasteiger partial charge is 0.433 e. The maximum Gasteiger partial charge on any atom is 0.433 e. The standard InChI is InChI=1S/C12H12F3NO3/c13-12(14,15)9-4-3-8(11(17)18)10(16-9)19-6-5-7-1-2-7/h3-4,7H,1-2,5-6H2,(H,17,18). The third kappa shape index (κ3) is 3.59. The van der Waals surface area contributed by atoms with E-state index in [0.29, 0.717) is 18.4 Å². The number of carboxylic acids is 1. The van der Waals surface area contributed by atoms with Crippen molar-refractivity contribution in [1.29, 1.82) is 0 Å². The van der Waals surface area contributed by atoms with Crippen molar-refractivity contribution in [2.75, 3.05) is 6.61 Å². The van der Waals surface area contributed by atoms with Crippen LogP contribution in [0.2, 0.25) is 0 Å². The third-order valence-electron chi connectivity index (χ3n) is 2.84. The molecule has 104 valence electrons. The number of pyridine rings is 1. The Morgan fingerprint density at radius 2 is 2.11 bits per heavy atom. The molecule has 0 amide bonds. The summed E-state index contributed by atoms with van der Waals surface area (Å²) in [6, 6.07) is 1.50.